The van der Waals surface area contributed by atoms with Gasteiger partial charge < -0.3 is 10.1 Å². The van der Waals surface area contributed by atoms with Gasteiger partial charge in [0.25, 0.3) is 0 Å². The first-order chi connectivity index (χ1) is 10.8. The SMILES string of the molecule is CC1(C)C(=O)NCC1C(=O)N1CCOC1=O.Cc1ccccc1. The Labute approximate surface area is 135 Å². The molecule has 3 rings (SSSR count). The van der Waals surface area contributed by atoms with E-state index in [0.717, 1.165) is 4.90 Å². The van der Waals surface area contributed by atoms with Gasteiger partial charge in [-0.3, -0.25) is 9.59 Å². The van der Waals surface area contributed by atoms with Gasteiger partial charge in [0.2, 0.25) is 11.8 Å². The van der Waals surface area contributed by atoms with Crippen LogP contribution in [0, 0.1) is 18.3 Å². The molecule has 124 valence electrons. The smallest absolute Gasteiger partial charge is 0.416 e. The molecule has 6 nitrogen and oxygen atoms in total. The Bertz CT molecular complexity index is 598. The van der Waals surface area contributed by atoms with Crippen molar-refractivity contribution in [1.29, 1.82) is 0 Å². The second kappa shape index (κ2) is 6.81. The number of rotatable bonds is 1. The number of benzene rings is 1. The highest BCUT2D eigenvalue weighted by molar-refractivity contribution is 5.99. The van der Waals surface area contributed by atoms with Crippen LogP contribution in [0.3, 0.4) is 0 Å². The number of carbonyl (C=O) groups excluding carboxylic acids is 3. The zero-order valence-corrected chi connectivity index (χ0v) is 13.7. The Morgan fingerprint density at radius 1 is 1.26 bits per heavy atom. The summed E-state index contributed by atoms with van der Waals surface area (Å²) in [4.78, 5) is 35.9. The molecule has 1 N–H and O–H groups in total. The highest BCUT2D eigenvalue weighted by atomic mass is 16.6. The average molecular weight is 318 g/mol. The molecule has 2 aliphatic rings. The molecule has 1 unspecified atom stereocenters. The van der Waals surface area contributed by atoms with Crippen LogP contribution in [-0.4, -0.2) is 42.5 Å². The number of aryl methyl sites for hydroxylation is 1. The minimum Gasteiger partial charge on any atom is -0.447 e. The van der Waals surface area contributed by atoms with Gasteiger partial charge in [0.05, 0.1) is 17.9 Å². The summed E-state index contributed by atoms with van der Waals surface area (Å²) in [6.07, 6.45) is -0.611. The van der Waals surface area contributed by atoms with Crippen molar-refractivity contribution in [3.05, 3.63) is 35.9 Å². The third-order valence-corrected chi connectivity index (χ3v) is 4.19. The van der Waals surface area contributed by atoms with Crippen molar-refractivity contribution in [3.63, 3.8) is 0 Å². The van der Waals surface area contributed by atoms with Crippen molar-refractivity contribution in [2.24, 2.45) is 11.3 Å². The molecule has 2 fully saturated rings. The van der Waals surface area contributed by atoms with E-state index in [9.17, 15) is 14.4 Å². The fraction of sp³-hybridized carbons (Fsp3) is 0.471. The lowest BCUT2D eigenvalue weighted by atomic mass is 9.80. The summed E-state index contributed by atoms with van der Waals surface area (Å²) < 4.78 is 4.70. The first-order valence-electron chi connectivity index (χ1n) is 7.62. The molecule has 0 radical (unpaired) electrons. The van der Waals surface area contributed by atoms with Gasteiger partial charge in [-0.2, -0.15) is 0 Å². The Balaban J connectivity index is 0.000000229. The molecule has 23 heavy (non-hydrogen) atoms. The second-order valence-corrected chi connectivity index (χ2v) is 6.24. The highest BCUT2D eigenvalue weighted by Gasteiger charge is 2.49. The summed E-state index contributed by atoms with van der Waals surface area (Å²) >= 11 is 0. The van der Waals surface area contributed by atoms with Crippen LogP contribution in [0.5, 0.6) is 0 Å². The quantitative estimate of drug-likeness (QED) is 0.855. The van der Waals surface area contributed by atoms with Gasteiger partial charge in [0.1, 0.15) is 6.61 Å². The molecule has 0 bridgehead atoms. The topological polar surface area (TPSA) is 75.7 Å². The Hall–Kier alpha value is -2.37. The van der Waals surface area contributed by atoms with E-state index in [1.54, 1.807) is 13.8 Å². The summed E-state index contributed by atoms with van der Waals surface area (Å²) in [5.41, 5.74) is 0.558. The molecule has 0 aliphatic carbocycles. The lowest BCUT2D eigenvalue weighted by Crippen LogP contribution is -2.43. The van der Waals surface area contributed by atoms with E-state index in [1.807, 2.05) is 18.2 Å². The highest BCUT2D eigenvalue weighted by Crippen LogP contribution is 2.33. The van der Waals surface area contributed by atoms with Gasteiger partial charge in [0.15, 0.2) is 0 Å². The van der Waals surface area contributed by atoms with E-state index in [-0.39, 0.29) is 31.5 Å². The molecule has 0 saturated carbocycles. The third-order valence-electron chi connectivity index (χ3n) is 4.19. The number of amides is 3. The summed E-state index contributed by atoms with van der Waals surface area (Å²) in [5, 5.41) is 2.64. The lowest BCUT2D eigenvalue weighted by molar-refractivity contribution is -0.138. The van der Waals surface area contributed by atoms with Crippen LogP contribution in [-0.2, 0) is 14.3 Å². The van der Waals surface area contributed by atoms with Gasteiger partial charge in [-0.1, -0.05) is 49.7 Å². The monoisotopic (exact) mass is 318 g/mol. The average Bonchev–Trinajstić information content (AvgIpc) is 3.04. The van der Waals surface area contributed by atoms with E-state index >= 15 is 0 Å². The predicted molar refractivity (Wildman–Crippen MR) is 84.5 cm³/mol. The molecule has 6 heteroatoms. The van der Waals surface area contributed by atoms with Crippen LogP contribution in [0.1, 0.15) is 19.4 Å². The number of imide groups is 1. The van der Waals surface area contributed by atoms with Crippen molar-refractivity contribution in [2.45, 2.75) is 20.8 Å². The summed E-state index contributed by atoms with van der Waals surface area (Å²) in [6, 6.07) is 10.3. The molecule has 1 aromatic carbocycles. The van der Waals surface area contributed by atoms with Crippen molar-refractivity contribution in [2.75, 3.05) is 19.7 Å². The van der Waals surface area contributed by atoms with E-state index < -0.39 is 17.4 Å². The number of ether oxygens (including phenoxy) is 1. The van der Waals surface area contributed by atoms with Crippen molar-refractivity contribution in [3.8, 4) is 0 Å². The molecule has 2 heterocycles. The van der Waals surface area contributed by atoms with E-state index in [4.69, 9.17) is 4.74 Å². The largest absolute Gasteiger partial charge is 0.447 e. The van der Waals surface area contributed by atoms with Crippen LogP contribution in [0.4, 0.5) is 4.79 Å². The molecular weight excluding hydrogens is 296 g/mol. The molecular formula is C17H22N2O4. The van der Waals surface area contributed by atoms with Crippen molar-refractivity contribution in [1.82, 2.24) is 10.2 Å². The maximum Gasteiger partial charge on any atom is 0.416 e. The van der Waals surface area contributed by atoms with Crippen molar-refractivity contribution < 1.29 is 19.1 Å². The van der Waals surface area contributed by atoms with Gasteiger partial charge in [0, 0.05) is 6.54 Å². The summed E-state index contributed by atoms with van der Waals surface area (Å²) in [6.45, 7) is 6.30. The molecule has 2 aliphatic heterocycles. The second-order valence-electron chi connectivity index (χ2n) is 6.24. The van der Waals surface area contributed by atoms with Crippen LogP contribution in [0.25, 0.3) is 0 Å². The first-order valence-corrected chi connectivity index (χ1v) is 7.62. The number of nitrogens with one attached hydrogen (secondary N) is 1. The number of nitrogens with zero attached hydrogens (tertiary/aromatic N) is 1. The standard InChI is InChI=1S/C10H14N2O4.C7H8/c1-10(2)6(5-11-8(10)14)7(13)12-3-4-16-9(12)15;1-7-5-3-2-4-6-7/h6H,3-5H2,1-2H3,(H,11,14);2-6H,1H3. The van der Waals surface area contributed by atoms with Crippen LogP contribution < -0.4 is 5.32 Å². The van der Waals surface area contributed by atoms with Gasteiger partial charge in [-0.25, -0.2) is 9.69 Å². The van der Waals surface area contributed by atoms with Crippen molar-refractivity contribution >= 4 is 17.9 Å². The van der Waals surface area contributed by atoms with Gasteiger partial charge in [-0.15, -0.1) is 0 Å². The van der Waals surface area contributed by atoms with Gasteiger partial charge >= 0.3 is 6.09 Å². The Morgan fingerprint density at radius 3 is 2.30 bits per heavy atom. The van der Waals surface area contributed by atoms with Crippen LogP contribution >= 0.6 is 0 Å². The number of hydrogen-bond donors (Lipinski definition) is 1. The van der Waals surface area contributed by atoms with Crippen LogP contribution in [0.15, 0.2) is 30.3 Å². The molecule has 3 amide bonds. The zero-order valence-electron chi connectivity index (χ0n) is 13.7. The number of hydrogen-bond acceptors (Lipinski definition) is 4. The Kier molecular flexibility index (Phi) is 5.03. The van der Waals surface area contributed by atoms with E-state index in [1.165, 1.54) is 5.56 Å². The normalized spacial score (nSPS) is 22.0. The lowest BCUT2D eigenvalue weighted by Gasteiger charge is -2.24. The van der Waals surface area contributed by atoms with Gasteiger partial charge in [-0.05, 0) is 6.92 Å². The maximum atomic E-state index is 12.1. The molecule has 1 atom stereocenters. The molecule has 2 saturated heterocycles. The summed E-state index contributed by atoms with van der Waals surface area (Å²) in [7, 11) is 0. The third kappa shape index (κ3) is 3.70. The number of cyclic esters (lactones) is 1. The van der Waals surface area contributed by atoms with E-state index in [2.05, 4.69) is 24.4 Å². The predicted octanol–water partition coefficient (Wildman–Crippen LogP) is 1.73. The fourth-order valence-corrected chi connectivity index (χ4v) is 2.55. The first kappa shape index (κ1) is 17.0. The molecule has 1 aromatic rings. The molecule has 0 spiro atoms. The minimum absolute atomic E-state index is 0.154. The Morgan fingerprint density at radius 2 is 1.91 bits per heavy atom. The zero-order chi connectivity index (χ0) is 17.0. The fourth-order valence-electron chi connectivity index (χ4n) is 2.55. The molecule has 0 aromatic heterocycles. The minimum atomic E-state index is -0.764. The number of carbonyl (C=O) groups is 3. The van der Waals surface area contributed by atoms with E-state index in [0.29, 0.717) is 0 Å². The van der Waals surface area contributed by atoms with Crippen LogP contribution in [0.2, 0.25) is 0 Å². The summed E-state index contributed by atoms with van der Waals surface area (Å²) in [5.74, 6) is -0.977. The maximum absolute atomic E-state index is 12.1.